The van der Waals surface area contributed by atoms with Crippen LogP contribution in [0.1, 0.15) is 12.8 Å². The van der Waals surface area contributed by atoms with E-state index in [1.807, 2.05) is 0 Å². The minimum atomic E-state index is -0.506. The Morgan fingerprint density at radius 1 is 1.56 bits per heavy atom. The van der Waals surface area contributed by atoms with E-state index >= 15 is 0 Å². The molecule has 0 fully saturated rings. The van der Waals surface area contributed by atoms with Crippen molar-refractivity contribution in [1.29, 1.82) is 0 Å². The van der Waals surface area contributed by atoms with Crippen LogP contribution in [0.2, 0.25) is 0 Å². The predicted molar refractivity (Wildman–Crippen MR) is 62.1 cm³/mol. The zero-order valence-corrected chi connectivity index (χ0v) is 10.1. The van der Waals surface area contributed by atoms with Crippen LogP contribution in [0.5, 0.6) is 0 Å². The van der Waals surface area contributed by atoms with Gasteiger partial charge in [-0.3, -0.25) is 4.79 Å². The molecule has 3 aliphatic rings. The molecule has 0 radical (unpaired) electrons. The summed E-state index contributed by atoms with van der Waals surface area (Å²) in [6.07, 6.45) is 2.99. The highest BCUT2D eigenvalue weighted by Gasteiger charge is 2.37. The van der Waals surface area contributed by atoms with Crippen molar-refractivity contribution in [2.24, 2.45) is 10.9 Å². The number of allylic oxidation sites excluding steroid dienone is 2. The van der Waals surface area contributed by atoms with Gasteiger partial charge >= 0.3 is 0 Å². The Hall–Kier alpha value is -0.970. The molecular formula is C11H10BrFN2O. The van der Waals surface area contributed by atoms with Crippen LogP contribution >= 0.6 is 15.9 Å². The second kappa shape index (κ2) is 3.52. The molecule has 5 heteroatoms. The van der Waals surface area contributed by atoms with Crippen LogP contribution in [0.15, 0.2) is 27.9 Å². The van der Waals surface area contributed by atoms with E-state index in [0.29, 0.717) is 16.9 Å². The lowest BCUT2D eigenvalue weighted by Gasteiger charge is -2.26. The Kier molecular flexibility index (Phi) is 2.24. The van der Waals surface area contributed by atoms with Gasteiger partial charge in [-0.25, -0.2) is 4.99 Å². The molecule has 0 bridgehead atoms. The number of hydrogen-bond acceptors (Lipinski definition) is 2. The second-order valence-electron chi connectivity index (χ2n) is 4.30. The third-order valence-corrected chi connectivity index (χ3v) is 3.92. The fourth-order valence-corrected chi connectivity index (χ4v) is 3.32. The fraction of sp³-hybridized carbons (Fsp3) is 0.455. The Balaban J connectivity index is 2.12. The van der Waals surface area contributed by atoms with Crippen LogP contribution in [0.25, 0.3) is 0 Å². The standard InChI is InChI=1S/C11H10BrFN2O/c12-6-1-5-4-14-9(16)3-7-10(5)8(2-6)15-11(7)13/h3,5-6H,1-2,4H2,(H,14,16). The molecule has 0 aromatic rings. The van der Waals surface area contributed by atoms with E-state index in [2.05, 4.69) is 26.2 Å². The maximum atomic E-state index is 13.6. The highest BCUT2D eigenvalue weighted by atomic mass is 79.9. The number of alkyl halides is 1. The first-order valence-electron chi connectivity index (χ1n) is 5.26. The van der Waals surface area contributed by atoms with Crippen LogP contribution in [0, 0.1) is 5.92 Å². The van der Waals surface area contributed by atoms with Gasteiger partial charge in [0.25, 0.3) is 0 Å². The quantitative estimate of drug-likeness (QED) is 0.678. The zero-order valence-electron chi connectivity index (χ0n) is 8.46. The molecule has 1 aliphatic carbocycles. The number of amides is 1. The van der Waals surface area contributed by atoms with Crippen molar-refractivity contribution in [3.63, 3.8) is 0 Å². The first kappa shape index (κ1) is 10.2. The largest absolute Gasteiger partial charge is 0.352 e. The number of carbonyl (C=O) groups excluding carboxylic acids is 1. The first-order chi connectivity index (χ1) is 7.65. The van der Waals surface area contributed by atoms with Gasteiger partial charge in [-0.15, -0.1) is 0 Å². The van der Waals surface area contributed by atoms with Gasteiger partial charge in [0.2, 0.25) is 11.9 Å². The average molecular weight is 285 g/mol. The Morgan fingerprint density at radius 3 is 3.19 bits per heavy atom. The van der Waals surface area contributed by atoms with Crippen molar-refractivity contribution < 1.29 is 9.18 Å². The lowest BCUT2D eigenvalue weighted by atomic mass is 9.83. The number of halogens is 2. The van der Waals surface area contributed by atoms with E-state index < -0.39 is 5.97 Å². The minimum Gasteiger partial charge on any atom is -0.352 e. The second-order valence-corrected chi connectivity index (χ2v) is 5.60. The Labute approximate surface area is 101 Å². The highest BCUT2D eigenvalue weighted by Crippen LogP contribution is 2.43. The van der Waals surface area contributed by atoms with Crippen LogP contribution in [0.4, 0.5) is 4.39 Å². The number of rotatable bonds is 0. The molecule has 2 aliphatic heterocycles. The van der Waals surface area contributed by atoms with Crippen molar-refractivity contribution in [3.8, 4) is 0 Å². The van der Waals surface area contributed by atoms with Crippen LogP contribution in [0.3, 0.4) is 0 Å². The van der Waals surface area contributed by atoms with Gasteiger partial charge in [-0.1, -0.05) is 15.9 Å². The summed E-state index contributed by atoms with van der Waals surface area (Å²) >= 11 is 3.55. The summed E-state index contributed by atoms with van der Waals surface area (Å²) in [4.78, 5) is 15.7. The van der Waals surface area contributed by atoms with E-state index in [1.165, 1.54) is 6.08 Å². The number of aliphatic imine (C=N–C) groups is 1. The summed E-state index contributed by atoms with van der Waals surface area (Å²) < 4.78 is 13.6. The topological polar surface area (TPSA) is 41.5 Å². The lowest BCUT2D eigenvalue weighted by Crippen LogP contribution is -2.29. The van der Waals surface area contributed by atoms with Gasteiger partial charge in [0.05, 0.1) is 0 Å². The molecule has 0 saturated heterocycles. The van der Waals surface area contributed by atoms with Crippen molar-refractivity contribution in [1.82, 2.24) is 5.32 Å². The van der Waals surface area contributed by atoms with Crippen molar-refractivity contribution in [2.45, 2.75) is 17.7 Å². The molecule has 0 aromatic heterocycles. The Bertz CT molecular complexity index is 467. The molecule has 84 valence electrons. The number of hydrogen-bond donors (Lipinski definition) is 1. The molecule has 2 atom stereocenters. The smallest absolute Gasteiger partial charge is 0.244 e. The molecule has 16 heavy (non-hydrogen) atoms. The molecule has 1 N–H and O–H groups in total. The third kappa shape index (κ3) is 1.45. The van der Waals surface area contributed by atoms with Crippen LogP contribution < -0.4 is 5.32 Å². The summed E-state index contributed by atoms with van der Waals surface area (Å²) in [6, 6.07) is 0. The summed E-state index contributed by atoms with van der Waals surface area (Å²) in [5, 5.41) is 2.78. The van der Waals surface area contributed by atoms with E-state index in [9.17, 15) is 9.18 Å². The summed E-state index contributed by atoms with van der Waals surface area (Å²) in [6.45, 7) is 0.572. The normalized spacial score (nSPS) is 32.8. The number of nitrogens with zero attached hydrogens (tertiary/aromatic N) is 1. The molecule has 0 spiro atoms. The molecule has 3 nitrogen and oxygen atoms in total. The number of carbonyl (C=O) groups is 1. The van der Waals surface area contributed by atoms with E-state index in [1.54, 1.807) is 0 Å². The summed E-state index contributed by atoms with van der Waals surface area (Å²) in [5.74, 6) is -0.550. The maximum absolute atomic E-state index is 13.6. The van der Waals surface area contributed by atoms with E-state index in [-0.39, 0.29) is 11.8 Å². The van der Waals surface area contributed by atoms with Gasteiger partial charge in [-0.2, -0.15) is 4.39 Å². The first-order valence-corrected chi connectivity index (χ1v) is 6.18. The van der Waals surface area contributed by atoms with Crippen LogP contribution in [-0.2, 0) is 4.79 Å². The summed E-state index contributed by atoms with van der Waals surface area (Å²) in [7, 11) is 0. The molecule has 0 saturated carbocycles. The minimum absolute atomic E-state index is 0.183. The molecule has 2 unspecified atom stereocenters. The monoisotopic (exact) mass is 284 g/mol. The molecule has 2 heterocycles. The summed E-state index contributed by atoms with van der Waals surface area (Å²) in [5.41, 5.74) is 2.14. The van der Waals surface area contributed by atoms with Crippen LogP contribution in [-0.4, -0.2) is 23.2 Å². The average Bonchev–Trinajstić information content (AvgIpc) is 2.43. The molecule has 3 rings (SSSR count). The van der Waals surface area contributed by atoms with Gasteiger partial charge in [0.15, 0.2) is 0 Å². The SMILES string of the molecule is O=C1C=C2C(F)=NC3=C2C(CN1)CC(Br)C3. The highest BCUT2D eigenvalue weighted by molar-refractivity contribution is 9.09. The fourth-order valence-electron chi connectivity index (χ4n) is 2.56. The number of nitrogens with one attached hydrogen (secondary N) is 1. The van der Waals surface area contributed by atoms with Crippen molar-refractivity contribution >= 4 is 27.8 Å². The van der Waals surface area contributed by atoms with E-state index in [0.717, 1.165) is 24.1 Å². The predicted octanol–water partition coefficient (Wildman–Crippen LogP) is 1.85. The van der Waals surface area contributed by atoms with Gasteiger partial charge in [-0.05, 0) is 12.0 Å². The van der Waals surface area contributed by atoms with E-state index in [4.69, 9.17) is 0 Å². The lowest BCUT2D eigenvalue weighted by molar-refractivity contribution is -0.116. The van der Waals surface area contributed by atoms with Gasteiger partial charge in [0.1, 0.15) is 0 Å². The maximum Gasteiger partial charge on any atom is 0.244 e. The molecule has 0 aromatic carbocycles. The zero-order chi connectivity index (χ0) is 11.3. The van der Waals surface area contributed by atoms with Gasteiger partial charge in [0, 0.05) is 41.1 Å². The van der Waals surface area contributed by atoms with Crippen molar-refractivity contribution in [3.05, 3.63) is 22.9 Å². The van der Waals surface area contributed by atoms with Gasteiger partial charge < -0.3 is 5.32 Å². The van der Waals surface area contributed by atoms with Crippen molar-refractivity contribution in [2.75, 3.05) is 6.54 Å². The molecule has 1 amide bonds. The third-order valence-electron chi connectivity index (χ3n) is 3.22. The Morgan fingerprint density at radius 2 is 2.38 bits per heavy atom. The molecular weight excluding hydrogens is 275 g/mol.